The maximum atomic E-state index is 14.2. The lowest BCUT2D eigenvalue weighted by molar-refractivity contribution is -0.939. The predicted octanol–water partition coefficient (Wildman–Crippen LogP) is 2.17. The van der Waals surface area contributed by atoms with Crippen molar-refractivity contribution in [1.82, 2.24) is 4.90 Å². The normalized spacial score (nSPS) is 24.5. The molecule has 278 valence electrons. The van der Waals surface area contributed by atoms with Gasteiger partial charge in [-0.2, -0.15) is 0 Å². The van der Waals surface area contributed by atoms with Crippen molar-refractivity contribution in [1.29, 1.82) is 0 Å². The van der Waals surface area contributed by atoms with E-state index >= 15 is 0 Å². The van der Waals surface area contributed by atoms with Gasteiger partial charge in [-0.25, -0.2) is 13.2 Å². The third-order valence-corrected chi connectivity index (χ3v) is 13.4. The minimum absolute atomic E-state index is 0. The van der Waals surface area contributed by atoms with Crippen LogP contribution >= 0.6 is 0 Å². The molecule has 0 radical (unpaired) electrons. The highest BCUT2D eigenvalue weighted by molar-refractivity contribution is 7.91. The van der Waals surface area contributed by atoms with Gasteiger partial charge in [0.25, 0.3) is 0 Å². The Morgan fingerprint density at radius 2 is 1.59 bits per heavy atom. The number of amides is 2. The molecule has 51 heavy (non-hydrogen) atoms. The number of piperazine rings is 3. The van der Waals surface area contributed by atoms with Crippen LogP contribution in [0.25, 0.3) is 0 Å². The van der Waals surface area contributed by atoms with Gasteiger partial charge >= 0.3 is 6.03 Å². The second-order valence-corrected chi connectivity index (χ2v) is 17.1. The fourth-order valence-electron chi connectivity index (χ4n) is 8.63. The Hall–Kier alpha value is -3.15. The summed E-state index contributed by atoms with van der Waals surface area (Å²) in [7, 11) is 0.158. The number of carbonyl (C=O) groups excluding carboxylic acids is 1. The number of unbranched alkanes of at least 4 members (excludes halogenated alkanes) is 2. The van der Waals surface area contributed by atoms with Gasteiger partial charge < -0.3 is 37.9 Å². The van der Waals surface area contributed by atoms with Crippen LogP contribution in [0.4, 0.5) is 21.9 Å². The first kappa shape index (κ1) is 39.1. The lowest BCUT2D eigenvalue weighted by Gasteiger charge is -2.44. The molecule has 0 saturated carbocycles. The first-order chi connectivity index (χ1) is 24.0. The number of quaternary nitrogens is 1. The Kier molecular flexibility index (Phi) is 12.8. The zero-order chi connectivity index (χ0) is 35.5. The van der Waals surface area contributed by atoms with E-state index in [4.69, 9.17) is 0 Å². The van der Waals surface area contributed by atoms with Gasteiger partial charge in [-0.3, -0.25) is 4.90 Å². The SMILES string of the molecule is CCCCC1(CCCC)CS(=O)(=O)c2ccc(N(C)C)cc2[C@@H](c2cccc(NC(=O)Nc3cccc(CC4CN5CC[NH+]4CC5)c3)c2)[C@H]1O.[Cl-]. The number of nitrogens with one attached hydrogen (secondary N) is 3. The fourth-order valence-corrected chi connectivity index (χ4v) is 10.8. The second-order valence-electron chi connectivity index (χ2n) is 15.1. The lowest BCUT2D eigenvalue weighted by Crippen LogP contribution is -3.21. The van der Waals surface area contributed by atoms with Crippen molar-refractivity contribution < 1.29 is 35.6 Å². The molecule has 4 aliphatic heterocycles. The molecule has 11 heteroatoms. The molecule has 7 rings (SSSR count). The van der Waals surface area contributed by atoms with Crippen LogP contribution in [0.5, 0.6) is 0 Å². The van der Waals surface area contributed by atoms with Crippen LogP contribution in [0.15, 0.2) is 71.6 Å². The van der Waals surface area contributed by atoms with E-state index in [1.807, 2.05) is 67.5 Å². The molecule has 4 N–H and O–H groups in total. The number of benzene rings is 3. The Morgan fingerprint density at radius 3 is 2.20 bits per heavy atom. The van der Waals surface area contributed by atoms with Crippen molar-refractivity contribution in [3.63, 3.8) is 0 Å². The predicted molar refractivity (Wildman–Crippen MR) is 202 cm³/mol. The van der Waals surface area contributed by atoms with Crippen LogP contribution in [0.1, 0.15) is 75.0 Å². The highest BCUT2D eigenvalue weighted by Gasteiger charge is 2.49. The molecule has 3 saturated heterocycles. The van der Waals surface area contributed by atoms with Gasteiger partial charge in [0.15, 0.2) is 9.84 Å². The number of hydrogen-bond donors (Lipinski definition) is 4. The lowest BCUT2D eigenvalue weighted by atomic mass is 9.68. The van der Waals surface area contributed by atoms with Crippen LogP contribution < -0.4 is 32.8 Å². The van der Waals surface area contributed by atoms with E-state index in [0.29, 0.717) is 30.1 Å². The van der Waals surface area contributed by atoms with Crippen molar-refractivity contribution in [2.45, 2.75) is 81.8 Å². The van der Waals surface area contributed by atoms with Gasteiger partial charge in [-0.05, 0) is 72.0 Å². The number of fused-ring (bicyclic) bond motifs is 4. The molecule has 9 nitrogen and oxygen atoms in total. The molecule has 0 spiro atoms. The first-order valence-corrected chi connectivity index (χ1v) is 20.2. The summed E-state index contributed by atoms with van der Waals surface area (Å²) >= 11 is 0. The van der Waals surface area contributed by atoms with Gasteiger partial charge in [0.2, 0.25) is 0 Å². The Bertz CT molecular complexity index is 1750. The zero-order valence-electron chi connectivity index (χ0n) is 30.6. The van der Waals surface area contributed by atoms with Crippen molar-refractivity contribution in [2.75, 3.05) is 68.1 Å². The maximum absolute atomic E-state index is 14.2. The van der Waals surface area contributed by atoms with Crippen molar-refractivity contribution in [3.05, 3.63) is 83.4 Å². The summed E-state index contributed by atoms with van der Waals surface area (Å²) in [4.78, 5) is 19.9. The number of rotatable bonds is 12. The number of nitrogens with zero attached hydrogens (tertiary/aromatic N) is 2. The summed E-state index contributed by atoms with van der Waals surface area (Å²) < 4.78 is 28.4. The van der Waals surface area contributed by atoms with Gasteiger partial charge in [0.05, 0.1) is 36.4 Å². The maximum Gasteiger partial charge on any atom is 0.323 e. The second kappa shape index (κ2) is 16.7. The first-order valence-electron chi connectivity index (χ1n) is 18.6. The van der Waals surface area contributed by atoms with Crippen LogP contribution in [-0.2, 0) is 16.3 Å². The summed E-state index contributed by atoms with van der Waals surface area (Å²) in [5.41, 5.74) is 4.00. The van der Waals surface area contributed by atoms with Crippen molar-refractivity contribution >= 4 is 32.9 Å². The highest BCUT2D eigenvalue weighted by Crippen LogP contribution is 2.50. The van der Waals surface area contributed by atoms with Gasteiger partial charge in [-0.15, -0.1) is 0 Å². The van der Waals surface area contributed by atoms with E-state index in [2.05, 4.69) is 41.5 Å². The summed E-state index contributed by atoms with van der Waals surface area (Å²) in [5, 5.41) is 18.6. The topological polar surface area (TPSA) is 106 Å². The van der Waals surface area contributed by atoms with Crippen molar-refractivity contribution in [2.24, 2.45) is 5.41 Å². The van der Waals surface area contributed by atoms with Crippen LogP contribution in [0.2, 0.25) is 0 Å². The van der Waals surface area contributed by atoms with Crippen molar-refractivity contribution in [3.8, 4) is 0 Å². The Labute approximate surface area is 311 Å². The average molecular weight is 738 g/mol. The summed E-state index contributed by atoms with van der Waals surface area (Å²) in [6.45, 7) is 10.1. The largest absolute Gasteiger partial charge is 1.00 e. The number of anilines is 3. The molecule has 2 bridgehead atoms. The quantitative estimate of drug-likeness (QED) is 0.227. The van der Waals surface area contributed by atoms with E-state index in [9.17, 15) is 18.3 Å². The molecule has 4 aliphatic rings. The smallest absolute Gasteiger partial charge is 0.323 e. The highest BCUT2D eigenvalue weighted by atomic mass is 35.5. The van der Waals surface area contributed by atoms with Gasteiger partial charge in [-0.1, -0.05) is 63.8 Å². The summed E-state index contributed by atoms with van der Waals surface area (Å²) in [5.74, 6) is -0.675. The zero-order valence-corrected chi connectivity index (χ0v) is 32.2. The number of carbonyl (C=O) groups is 1. The minimum Gasteiger partial charge on any atom is -1.00 e. The molecule has 3 fully saturated rings. The Morgan fingerprint density at radius 1 is 0.941 bits per heavy atom. The molecule has 1 unspecified atom stereocenters. The summed E-state index contributed by atoms with van der Waals surface area (Å²) in [6.07, 6.45) is 4.82. The minimum atomic E-state index is -3.70. The molecular formula is C40H56ClN5O4S. The van der Waals surface area contributed by atoms with E-state index in [1.54, 1.807) is 11.0 Å². The third kappa shape index (κ3) is 8.74. The van der Waals surface area contributed by atoms with E-state index in [-0.39, 0.29) is 29.1 Å². The molecule has 3 atom stereocenters. The van der Waals surface area contributed by atoms with E-state index in [1.165, 1.54) is 31.7 Å². The fraction of sp³-hybridized carbons (Fsp3) is 0.525. The van der Waals surface area contributed by atoms with E-state index < -0.39 is 27.3 Å². The molecule has 0 aromatic heterocycles. The number of halogens is 1. The standard InChI is InChI=1S/C40H55N5O4S.ClH/c1-5-7-17-40(18-8-6-2)28-50(48,49)36-16-15-33(43(3)4)26-35(36)37(38(40)46)30-12-10-14-32(25-30)42-39(47)41-31-13-9-11-29(23-31)24-34-27-44-19-21-45(34)22-20-44;/h9-16,23,25-26,34,37-38,46H,5-8,17-22,24,27-28H2,1-4H3,(H2,41,42,47);1H/t34?,37-,38-;/m1./s1. The number of aliphatic hydroxyl groups is 1. The monoisotopic (exact) mass is 737 g/mol. The van der Waals surface area contributed by atoms with Gasteiger partial charge in [0.1, 0.15) is 6.04 Å². The van der Waals surface area contributed by atoms with Gasteiger partial charge in [0, 0.05) is 62.0 Å². The molecule has 3 aromatic carbocycles. The number of hydrogen-bond acceptors (Lipinski definition) is 6. The molecule has 0 aliphatic carbocycles. The summed E-state index contributed by atoms with van der Waals surface area (Å²) in [6, 6.07) is 21.4. The third-order valence-electron chi connectivity index (χ3n) is 11.4. The van der Waals surface area contributed by atoms with Crippen LogP contribution in [0.3, 0.4) is 0 Å². The molecule has 2 amide bonds. The van der Waals surface area contributed by atoms with E-state index in [0.717, 1.165) is 55.6 Å². The molecular weight excluding hydrogens is 682 g/mol. The molecule has 4 heterocycles. The average Bonchev–Trinajstić information content (AvgIpc) is 3.17. The number of urea groups is 1. The molecule has 3 aromatic rings. The van der Waals surface area contributed by atoms with Crippen LogP contribution in [0, 0.1) is 5.41 Å². The number of sulfone groups is 1. The van der Waals surface area contributed by atoms with Crippen LogP contribution in [-0.4, -0.2) is 89.2 Å². The number of aliphatic hydroxyl groups excluding tert-OH is 1. The Balaban J connectivity index is 0.00000504.